The smallest absolute Gasteiger partial charge is 0.322 e. The summed E-state index contributed by atoms with van der Waals surface area (Å²) in [5, 5.41) is 11.3. The first-order valence-electron chi connectivity index (χ1n) is 11.3. The number of carbonyl (C=O) groups is 2. The number of imidazole rings is 1. The molecule has 2 aromatic carbocycles. The molecule has 1 amide bonds. The molecule has 0 saturated heterocycles. The number of carboxylic acid groups (broad SMARTS) is 1. The van der Waals surface area contributed by atoms with Gasteiger partial charge >= 0.3 is 5.97 Å². The van der Waals surface area contributed by atoms with Crippen LogP contribution in [0.5, 0.6) is 0 Å². The summed E-state index contributed by atoms with van der Waals surface area (Å²) in [5.74, 6) is -0.656. The molecule has 5 rings (SSSR count). The average molecular weight is 444 g/mol. The monoisotopic (exact) mass is 443 g/mol. The Hall–Kier alpha value is -3.81. The predicted molar refractivity (Wildman–Crippen MR) is 125 cm³/mol. The lowest BCUT2D eigenvalue weighted by Crippen LogP contribution is -2.29. The van der Waals surface area contributed by atoms with Gasteiger partial charge in [-0.2, -0.15) is 0 Å². The van der Waals surface area contributed by atoms with Crippen LogP contribution in [0, 0.1) is 6.92 Å². The van der Waals surface area contributed by atoms with Gasteiger partial charge in [-0.05, 0) is 56.2 Å². The van der Waals surface area contributed by atoms with Crippen molar-refractivity contribution in [2.24, 2.45) is 0 Å². The summed E-state index contributed by atoms with van der Waals surface area (Å²) in [5.41, 5.74) is 5.57. The van der Waals surface area contributed by atoms with E-state index >= 15 is 0 Å². The van der Waals surface area contributed by atoms with Crippen molar-refractivity contribution in [1.82, 2.24) is 24.8 Å². The molecule has 0 aliphatic heterocycles. The highest BCUT2D eigenvalue weighted by molar-refractivity contribution is 5.99. The molecule has 1 saturated carbocycles. The quantitative estimate of drug-likeness (QED) is 0.477. The van der Waals surface area contributed by atoms with Crippen LogP contribution in [0.1, 0.15) is 54.2 Å². The van der Waals surface area contributed by atoms with Gasteiger partial charge in [0.1, 0.15) is 12.4 Å². The minimum Gasteiger partial charge on any atom is -0.480 e. The summed E-state index contributed by atoms with van der Waals surface area (Å²) in [4.78, 5) is 37.2. The van der Waals surface area contributed by atoms with Crippen LogP contribution in [0.15, 0.2) is 42.6 Å². The van der Waals surface area contributed by atoms with E-state index in [1.54, 1.807) is 18.3 Å². The lowest BCUT2D eigenvalue weighted by Gasteiger charge is -2.25. The molecule has 8 heteroatoms. The maximum Gasteiger partial charge on any atom is 0.322 e. The van der Waals surface area contributed by atoms with Crippen LogP contribution in [0.2, 0.25) is 0 Å². The second-order valence-corrected chi connectivity index (χ2v) is 8.59. The number of benzene rings is 2. The largest absolute Gasteiger partial charge is 0.480 e. The maximum absolute atomic E-state index is 12.4. The van der Waals surface area contributed by atoms with Gasteiger partial charge in [0.2, 0.25) is 0 Å². The highest BCUT2D eigenvalue weighted by Crippen LogP contribution is 2.36. The van der Waals surface area contributed by atoms with E-state index in [1.165, 1.54) is 19.3 Å². The number of aliphatic carboxylic acids is 1. The molecular weight excluding hydrogens is 418 g/mol. The molecule has 0 unspecified atom stereocenters. The van der Waals surface area contributed by atoms with E-state index in [0.717, 1.165) is 46.5 Å². The van der Waals surface area contributed by atoms with Gasteiger partial charge < -0.3 is 15.0 Å². The Kier molecular flexibility index (Phi) is 5.50. The molecule has 8 nitrogen and oxygen atoms in total. The first-order valence-corrected chi connectivity index (χ1v) is 11.3. The number of nitrogens with zero attached hydrogens (tertiary/aromatic N) is 4. The Morgan fingerprint density at radius 3 is 2.64 bits per heavy atom. The second kappa shape index (κ2) is 8.61. The number of hydrogen-bond acceptors (Lipinski definition) is 5. The molecule has 33 heavy (non-hydrogen) atoms. The van der Waals surface area contributed by atoms with E-state index in [1.807, 2.05) is 31.2 Å². The summed E-state index contributed by atoms with van der Waals surface area (Å²) in [6.45, 7) is 1.50. The molecule has 1 aliphatic carbocycles. The molecule has 0 spiro atoms. The van der Waals surface area contributed by atoms with Crippen LogP contribution < -0.4 is 5.32 Å². The number of hydrogen-bond donors (Lipinski definition) is 2. The predicted octanol–water partition coefficient (Wildman–Crippen LogP) is 4.27. The van der Waals surface area contributed by atoms with E-state index in [0.29, 0.717) is 17.1 Å². The zero-order valence-corrected chi connectivity index (χ0v) is 18.4. The number of rotatable bonds is 5. The van der Waals surface area contributed by atoms with Crippen LogP contribution >= 0.6 is 0 Å². The van der Waals surface area contributed by atoms with Crippen molar-refractivity contribution >= 4 is 33.9 Å². The maximum atomic E-state index is 12.4. The highest BCUT2D eigenvalue weighted by Gasteiger charge is 2.23. The minimum atomic E-state index is -1.08. The van der Waals surface area contributed by atoms with Gasteiger partial charge in [0.25, 0.3) is 5.91 Å². The normalized spacial score (nSPS) is 14.6. The Labute approximate surface area is 190 Å². The van der Waals surface area contributed by atoms with E-state index in [2.05, 4.69) is 19.9 Å². The van der Waals surface area contributed by atoms with Crippen molar-refractivity contribution in [1.29, 1.82) is 0 Å². The zero-order valence-electron chi connectivity index (χ0n) is 18.4. The average Bonchev–Trinajstić information content (AvgIpc) is 3.21. The molecule has 1 aliphatic rings. The van der Waals surface area contributed by atoms with Gasteiger partial charge in [-0.3, -0.25) is 14.6 Å². The van der Waals surface area contributed by atoms with E-state index in [4.69, 9.17) is 10.1 Å². The van der Waals surface area contributed by atoms with Crippen LogP contribution in [-0.2, 0) is 4.79 Å². The number of amides is 1. The van der Waals surface area contributed by atoms with Crippen molar-refractivity contribution in [3.63, 3.8) is 0 Å². The summed E-state index contributed by atoms with van der Waals surface area (Å²) < 4.78 is 2.30. The van der Waals surface area contributed by atoms with Crippen molar-refractivity contribution in [3.05, 3.63) is 53.9 Å². The van der Waals surface area contributed by atoms with Crippen LogP contribution in [0.4, 0.5) is 0 Å². The van der Waals surface area contributed by atoms with Crippen LogP contribution in [0.3, 0.4) is 0 Å². The second-order valence-electron chi connectivity index (χ2n) is 8.59. The number of carboxylic acids is 1. The number of aryl methyl sites for hydroxylation is 1. The molecule has 4 aromatic rings. The number of fused-ring (bicyclic) bond motifs is 2. The Morgan fingerprint density at radius 1 is 1.03 bits per heavy atom. The lowest BCUT2D eigenvalue weighted by atomic mass is 9.94. The first kappa shape index (κ1) is 21.1. The van der Waals surface area contributed by atoms with E-state index < -0.39 is 18.4 Å². The molecule has 1 fully saturated rings. The summed E-state index contributed by atoms with van der Waals surface area (Å²) >= 11 is 0. The third kappa shape index (κ3) is 4.16. The van der Waals surface area contributed by atoms with Gasteiger partial charge in [0.15, 0.2) is 0 Å². The first-order chi connectivity index (χ1) is 16.0. The molecule has 0 bridgehead atoms. The van der Waals surface area contributed by atoms with E-state index in [-0.39, 0.29) is 0 Å². The number of carbonyl (C=O) groups excluding carboxylic acids is 1. The van der Waals surface area contributed by atoms with Gasteiger partial charge in [-0.25, -0.2) is 9.97 Å². The third-order valence-corrected chi connectivity index (χ3v) is 6.21. The topological polar surface area (TPSA) is 110 Å². The standard InChI is InChI=1S/C25H25N5O3/c1-15-13-26-20-11-16(7-9-19(20)28-15)24-29-21-12-17(25(33)27-14-23(31)32)8-10-22(21)30(24)18-5-3-2-4-6-18/h7-13,18H,2-6,14H2,1H3,(H,27,33)(H,31,32). The zero-order chi connectivity index (χ0) is 22.9. The molecule has 0 radical (unpaired) electrons. The summed E-state index contributed by atoms with van der Waals surface area (Å²) in [7, 11) is 0. The van der Waals surface area contributed by atoms with Crippen molar-refractivity contribution in [2.45, 2.75) is 45.1 Å². The van der Waals surface area contributed by atoms with E-state index in [9.17, 15) is 9.59 Å². The van der Waals surface area contributed by atoms with Gasteiger partial charge in [-0.15, -0.1) is 0 Å². The third-order valence-electron chi connectivity index (χ3n) is 6.21. The lowest BCUT2D eigenvalue weighted by molar-refractivity contribution is -0.135. The van der Waals surface area contributed by atoms with Gasteiger partial charge in [0, 0.05) is 23.4 Å². The Balaban J connectivity index is 1.62. The minimum absolute atomic E-state index is 0.338. The summed E-state index contributed by atoms with van der Waals surface area (Å²) in [6, 6.07) is 11.7. The van der Waals surface area contributed by atoms with Crippen molar-refractivity contribution in [3.8, 4) is 11.4 Å². The fourth-order valence-corrected chi connectivity index (χ4v) is 4.65. The summed E-state index contributed by atoms with van der Waals surface area (Å²) in [6.07, 6.45) is 7.55. The van der Waals surface area contributed by atoms with Crippen LogP contribution in [-0.4, -0.2) is 43.0 Å². The highest BCUT2D eigenvalue weighted by atomic mass is 16.4. The molecule has 2 aromatic heterocycles. The SMILES string of the molecule is Cc1cnc2cc(-c3nc4cc(C(=O)NCC(=O)O)ccc4n3C3CCCCC3)ccc2n1. The van der Waals surface area contributed by atoms with Gasteiger partial charge in [0.05, 0.1) is 27.8 Å². The molecule has 2 N–H and O–H groups in total. The fraction of sp³-hybridized carbons (Fsp3) is 0.320. The number of nitrogens with one attached hydrogen (secondary N) is 1. The Bertz CT molecular complexity index is 1370. The molecule has 0 atom stereocenters. The molecular formula is C25H25N5O3. The van der Waals surface area contributed by atoms with Gasteiger partial charge in [-0.1, -0.05) is 19.3 Å². The van der Waals surface area contributed by atoms with Crippen LogP contribution in [0.25, 0.3) is 33.5 Å². The van der Waals surface area contributed by atoms with Crippen molar-refractivity contribution in [2.75, 3.05) is 6.54 Å². The van der Waals surface area contributed by atoms with Crippen molar-refractivity contribution < 1.29 is 14.7 Å². The molecule has 168 valence electrons. The molecule has 2 heterocycles. The Morgan fingerprint density at radius 2 is 1.85 bits per heavy atom. The number of aromatic nitrogens is 4. The fourth-order valence-electron chi connectivity index (χ4n) is 4.65.